The van der Waals surface area contributed by atoms with Crippen LogP contribution in [0.5, 0.6) is 5.75 Å². The number of pyridine rings is 1. The minimum atomic E-state index is -4.93. The molecular formula is C24H22F3N3O3. The number of carbonyl (C=O) groups is 1. The van der Waals surface area contributed by atoms with Gasteiger partial charge in [0.05, 0.1) is 5.52 Å². The SMILES string of the molecule is O=C(Nc1ccc(C#CCCCNCCc2ccc(O)c3[nH]c(=O)ccc23)cc1)C(F)(F)F. The number of benzene rings is 2. The normalized spacial score (nSPS) is 11.1. The second kappa shape index (κ2) is 10.7. The van der Waals surface area contributed by atoms with Gasteiger partial charge in [-0.2, -0.15) is 13.2 Å². The topological polar surface area (TPSA) is 94.2 Å². The van der Waals surface area contributed by atoms with Crippen molar-refractivity contribution >= 4 is 22.5 Å². The van der Waals surface area contributed by atoms with Crippen LogP contribution in [0.25, 0.3) is 10.9 Å². The first-order valence-corrected chi connectivity index (χ1v) is 10.3. The minimum absolute atomic E-state index is 0.0404. The van der Waals surface area contributed by atoms with Crippen LogP contribution in [0.1, 0.15) is 24.0 Å². The van der Waals surface area contributed by atoms with Crippen LogP contribution < -0.4 is 16.2 Å². The van der Waals surface area contributed by atoms with Gasteiger partial charge < -0.3 is 20.7 Å². The van der Waals surface area contributed by atoms with Gasteiger partial charge >= 0.3 is 12.1 Å². The number of H-pyrrole nitrogens is 1. The Hall–Kier alpha value is -3.77. The highest BCUT2D eigenvalue weighted by Crippen LogP contribution is 2.24. The number of alkyl halides is 3. The van der Waals surface area contributed by atoms with E-state index in [-0.39, 0.29) is 17.0 Å². The van der Waals surface area contributed by atoms with Crippen LogP contribution in [0.2, 0.25) is 0 Å². The molecule has 0 aliphatic heterocycles. The number of anilines is 1. The van der Waals surface area contributed by atoms with E-state index in [4.69, 9.17) is 0 Å². The Labute approximate surface area is 187 Å². The molecule has 0 spiro atoms. The smallest absolute Gasteiger partial charge is 0.471 e. The molecule has 0 unspecified atom stereocenters. The van der Waals surface area contributed by atoms with E-state index in [1.54, 1.807) is 29.6 Å². The molecule has 0 atom stereocenters. The lowest BCUT2D eigenvalue weighted by molar-refractivity contribution is -0.167. The van der Waals surface area contributed by atoms with Crippen LogP contribution in [0.15, 0.2) is 53.3 Å². The number of hydrogen-bond donors (Lipinski definition) is 4. The summed E-state index contributed by atoms with van der Waals surface area (Å²) in [6.45, 7) is 1.47. The number of fused-ring (bicyclic) bond motifs is 1. The van der Waals surface area contributed by atoms with E-state index in [9.17, 15) is 27.9 Å². The average molecular weight is 457 g/mol. The summed E-state index contributed by atoms with van der Waals surface area (Å²) in [6, 6.07) is 12.4. The highest BCUT2D eigenvalue weighted by Gasteiger charge is 2.38. The Morgan fingerprint density at radius 1 is 1.03 bits per heavy atom. The summed E-state index contributed by atoms with van der Waals surface area (Å²) in [5, 5.41) is 15.8. The maximum atomic E-state index is 12.2. The van der Waals surface area contributed by atoms with Gasteiger partial charge in [0.2, 0.25) is 5.56 Å². The van der Waals surface area contributed by atoms with E-state index in [1.807, 2.05) is 6.07 Å². The zero-order chi connectivity index (χ0) is 23.8. The van der Waals surface area contributed by atoms with E-state index in [1.165, 1.54) is 18.2 Å². The third-order valence-corrected chi connectivity index (χ3v) is 4.82. The summed E-state index contributed by atoms with van der Waals surface area (Å²) >= 11 is 0. The molecule has 3 aromatic rings. The van der Waals surface area contributed by atoms with E-state index in [0.29, 0.717) is 17.5 Å². The number of carbonyl (C=O) groups excluding carboxylic acids is 1. The number of aromatic amines is 1. The van der Waals surface area contributed by atoms with Gasteiger partial charge in [0, 0.05) is 29.1 Å². The third kappa shape index (κ3) is 6.85. The maximum absolute atomic E-state index is 12.2. The number of amides is 1. The fourth-order valence-corrected chi connectivity index (χ4v) is 3.17. The predicted octanol–water partition coefficient (Wildman–Crippen LogP) is 3.70. The number of phenolic OH excluding ortho intramolecular Hbond substituents is 1. The van der Waals surface area contributed by atoms with Crippen molar-refractivity contribution in [1.82, 2.24) is 10.3 Å². The van der Waals surface area contributed by atoms with Crippen LogP contribution in [0, 0.1) is 11.8 Å². The van der Waals surface area contributed by atoms with Crippen molar-refractivity contribution in [1.29, 1.82) is 0 Å². The van der Waals surface area contributed by atoms with Crippen LogP contribution >= 0.6 is 0 Å². The lowest BCUT2D eigenvalue weighted by Gasteiger charge is -2.08. The number of phenols is 1. The Bertz CT molecular complexity index is 1240. The summed E-state index contributed by atoms with van der Waals surface area (Å²) in [5.74, 6) is 3.98. The summed E-state index contributed by atoms with van der Waals surface area (Å²) < 4.78 is 36.7. The highest BCUT2D eigenvalue weighted by atomic mass is 19.4. The molecule has 0 aliphatic carbocycles. The fraction of sp³-hybridized carbons (Fsp3) is 0.250. The van der Waals surface area contributed by atoms with Gasteiger partial charge in [-0.25, -0.2) is 0 Å². The molecule has 0 saturated carbocycles. The fourth-order valence-electron chi connectivity index (χ4n) is 3.17. The molecule has 4 N–H and O–H groups in total. The van der Waals surface area contributed by atoms with Crippen LogP contribution in [-0.2, 0) is 11.2 Å². The Balaban J connectivity index is 1.39. The number of aromatic hydroxyl groups is 1. The van der Waals surface area contributed by atoms with Crippen molar-refractivity contribution in [2.45, 2.75) is 25.4 Å². The van der Waals surface area contributed by atoms with Gasteiger partial charge in [0.25, 0.3) is 0 Å². The lowest BCUT2D eigenvalue weighted by atomic mass is 10.0. The first-order chi connectivity index (χ1) is 15.7. The zero-order valence-corrected chi connectivity index (χ0v) is 17.6. The summed E-state index contributed by atoms with van der Waals surface area (Å²) in [6.07, 6.45) is -2.74. The van der Waals surface area contributed by atoms with Gasteiger partial charge in [-0.05, 0) is 67.9 Å². The molecule has 2 aromatic carbocycles. The van der Waals surface area contributed by atoms with E-state index in [0.717, 1.165) is 36.9 Å². The van der Waals surface area contributed by atoms with E-state index in [2.05, 4.69) is 22.1 Å². The van der Waals surface area contributed by atoms with E-state index >= 15 is 0 Å². The largest absolute Gasteiger partial charge is 0.506 e. The Morgan fingerprint density at radius 2 is 1.79 bits per heavy atom. The number of hydrogen-bond acceptors (Lipinski definition) is 4. The number of halogens is 3. The molecule has 0 bridgehead atoms. The minimum Gasteiger partial charge on any atom is -0.506 e. The summed E-state index contributed by atoms with van der Waals surface area (Å²) in [4.78, 5) is 25.0. The predicted molar refractivity (Wildman–Crippen MR) is 120 cm³/mol. The Morgan fingerprint density at radius 3 is 2.52 bits per heavy atom. The molecule has 33 heavy (non-hydrogen) atoms. The summed E-state index contributed by atoms with van der Waals surface area (Å²) in [7, 11) is 0. The van der Waals surface area contributed by atoms with Crippen LogP contribution in [-0.4, -0.2) is 35.3 Å². The quantitative estimate of drug-likeness (QED) is 0.322. The van der Waals surface area contributed by atoms with Crippen molar-refractivity contribution in [3.63, 3.8) is 0 Å². The molecule has 0 saturated heterocycles. The molecule has 1 heterocycles. The standard InChI is InChI=1S/C24H22F3N3O3/c25-24(26,27)23(33)29-18-8-5-16(6-9-18)4-2-1-3-14-28-15-13-17-7-11-20(31)22-19(17)10-12-21(32)30-22/h5-12,28,31H,1,3,13-15H2,(H,29,33)(H,30,32). The van der Waals surface area contributed by atoms with Gasteiger partial charge in [-0.1, -0.05) is 17.9 Å². The van der Waals surface area contributed by atoms with Crippen LogP contribution in [0.3, 0.4) is 0 Å². The molecule has 1 amide bonds. The number of nitrogens with one attached hydrogen (secondary N) is 3. The molecule has 0 radical (unpaired) electrons. The maximum Gasteiger partial charge on any atom is 0.471 e. The number of aromatic nitrogens is 1. The third-order valence-electron chi connectivity index (χ3n) is 4.82. The first kappa shape index (κ1) is 23.9. The molecule has 0 aliphatic rings. The highest BCUT2D eigenvalue weighted by molar-refractivity contribution is 5.94. The molecule has 0 fully saturated rings. The average Bonchev–Trinajstić information content (AvgIpc) is 2.77. The summed E-state index contributed by atoms with van der Waals surface area (Å²) in [5.41, 5.74) is 1.88. The van der Waals surface area contributed by atoms with Crippen molar-refractivity contribution in [2.24, 2.45) is 0 Å². The molecular weight excluding hydrogens is 435 g/mol. The second-order valence-corrected chi connectivity index (χ2v) is 7.29. The van der Waals surface area contributed by atoms with Crippen molar-refractivity contribution < 1.29 is 23.1 Å². The molecule has 3 rings (SSSR count). The van der Waals surface area contributed by atoms with Gasteiger partial charge in [-0.3, -0.25) is 9.59 Å². The van der Waals surface area contributed by atoms with Crippen molar-refractivity contribution in [3.05, 3.63) is 70.0 Å². The zero-order valence-electron chi connectivity index (χ0n) is 17.6. The van der Waals surface area contributed by atoms with Crippen LogP contribution in [0.4, 0.5) is 18.9 Å². The van der Waals surface area contributed by atoms with E-state index < -0.39 is 12.1 Å². The monoisotopic (exact) mass is 457 g/mol. The van der Waals surface area contributed by atoms with Gasteiger partial charge in [-0.15, -0.1) is 0 Å². The second-order valence-electron chi connectivity index (χ2n) is 7.29. The van der Waals surface area contributed by atoms with Crippen molar-refractivity contribution in [2.75, 3.05) is 18.4 Å². The Kier molecular flexibility index (Phi) is 7.74. The number of rotatable bonds is 7. The van der Waals surface area contributed by atoms with Gasteiger partial charge in [0.1, 0.15) is 5.75 Å². The first-order valence-electron chi connectivity index (χ1n) is 10.3. The number of unbranched alkanes of at least 4 members (excludes halogenated alkanes) is 1. The molecule has 9 heteroatoms. The van der Waals surface area contributed by atoms with Crippen molar-refractivity contribution in [3.8, 4) is 17.6 Å². The molecule has 6 nitrogen and oxygen atoms in total. The lowest BCUT2D eigenvalue weighted by Crippen LogP contribution is -2.29. The molecule has 172 valence electrons. The molecule has 1 aromatic heterocycles. The van der Waals surface area contributed by atoms with Gasteiger partial charge in [0.15, 0.2) is 0 Å².